The number of nitrogens with one attached hydrogen (secondary N) is 1. The van der Waals surface area contributed by atoms with Gasteiger partial charge < -0.3 is 10.1 Å². The van der Waals surface area contributed by atoms with Crippen LogP contribution in [0.25, 0.3) is 10.9 Å². The summed E-state index contributed by atoms with van der Waals surface area (Å²) < 4.78 is 0. The molecule has 3 rings (SSSR count). The van der Waals surface area contributed by atoms with Gasteiger partial charge in [-0.15, -0.1) is 0 Å². The van der Waals surface area contributed by atoms with E-state index in [1.54, 1.807) is 6.07 Å². The molecule has 3 heteroatoms. The van der Waals surface area contributed by atoms with E-state index in [9.17, 15) is 5.11 Å². The van der Waals surface area contributed by atoms with E-state index < -0.39 is 0 Å². The maximum atomic E-state index is 9.68. The van der Waals surface area contributed by atoms with Crippen molar-refractivity contribution in [1.82, 2.24) is 4.98 Å². The summed E-state index contributed by atoms with van der Waals surface area (Å²) in [6.07, 6.45) is 1.09. The zero-order chi connectivity index (χ0) is 9.54. The number of fused-ring (bicyclic) bond motifs is 3. The van der Waals surface area contributed by atoms with Crippen molar-refractivity contribution in [3.63, 3.8) is 0 Å². The minimum absolute atomic E-state index is 0.363. The first-order chi connectivity index (χ1) is 6.86. The van der Waals surface area contributed by atoms with Crippen LogP contribution in [-0.2, 0) is 12.2 Å². The first kappa shape index (κ1) is 8.24. The van der Waals surface area contributed by atoms with Crippen LogP contribution in [0.1, 0.15) is 11.3 Å². The smallest absolute Gasteiger partial charge is 0.139 e. The molecule has 1 aliphatic rings. The van der Waals surface area contributed by atoms with Gasteiger partial charge in [-0.25, -0.2) is 0 Å². The van der Waals surface area contributed by atoms with Crippen molar-refractivity contribution in [3.8, 4) is 5.75 Å². The minimum atomic E-state index is 0.363. The fourth-order valence-electron chi connectivity index (χ4n) is 2.04. The van der Waals surface area contributed by atoms with Gasteiger partial charge in [0, 0.05) is 16.8 Å². The first-order valence-electron chi connectivity index (χ1n) is 4.75. The number of phenols is 1. The molecule has 72 valence electrons. The Hall–Kier alpha value is -1.09. The maximum Gasteiger partial charge on any atom is 0.139 e. The van der Waals surface area contributed by atoms with Crippen LogP contribution in [0.4, 0.5) is 0 Å². The Morgan fingerprint density at radius 2 is 2.29 bits per heavy atom. The Kier molecular flexibility index (Phi) is 1.74. The van der Waals surface area contributed by atoms with Crippen LogP contribution in [0.5, 0.6) is 5.75 Å². The average molecular weight is 205 g/mol. The number of aromatic nitrogens is 1. The second-order valence-corrected chi connectivity index (χ2v) is 4.69. The number of H-pyrrole nitrogens is 1. The van der Waals surface area contributed by atoms with Crippen molar-refractivity contribution >= 4 is 22.7 Å². The number of thioether (sulfide) groups is 1. The van der Waals surface area contributed by atoms with Crippen LogP contribution in [0.3, 0.4) is 0 Å². The summed E-state index contributed by atoms with van der Waals surface area (Å²) in [5.41, 5.74) is 3.59. The van der Waals surface area contributed by atoms with E-state index >= 15 is 0 Å². The highest BCUT2D eigenvalue weighted by Crippen LogP contribution is 2.34. The second-order valence-electron chi connectivity index (χ2n) is 3.58. The molecule has 2 heterocycles. The number of hydrogen-bond acceptors (Lipinski definition) is 2. The summed E-state index contributed by atoms with van der Waals surface area (Å²) in [7, 11) is 0. The van der Waals surface area contributed by atoms with Crippen molar-refractivity contribution in [2.45, 2.75) is 12.2 Å². The molecular formula is C11H11NOS. The number of aromatic hydroxyl groups is 1. The van der Waals surface area contributed by atoms with E-state index in [2.05, 4.69) is 11.1 Å². The van der Waals surface area contributed by atoms with Gasteiger partial charge in [-0.2, -0.15) is 11.8 Å². The lowest BCUT2D eigenvalue weighted by Crippen LogP contribution is -1.99. The molecule has 0 radical (unpaired) electrons. The fourth-order valence-corrected chi connectivity index (χ4v) is 3.07. The third-order valence-electron chi connectivity index (χ3n) is 2.75. The van der Waals surface area contributed by atoms with Crippen LogP contribution < -0.4 is 0 Å². The molecule has 0 amide bonds. The highest BCUT2D eigenvalue weighted by Gasteiger charge is 2.16. The van der Waals surface area contributed by atoms with Gasteiger partial charge in [0.05, 0.1) is 5.52 Å². The molecule has 1 aromatic heterocycles. The quantitative estimate of drug-likeness (QED) is 0.693. The Labute approximate surface area is 86.3 Å². The Morgan fingerprint density at radius 1 is 1.36 bits per heavy atom. The molecule has 2 N–H and O–H groups in total. The predicted molar refractivity (Wildman–Crippen MR) is 59.8 cm³/mol. The van der Waals surface area contributed by atoms with Crippen molar-refractivity contribution in [2.24, 2.45) is 0 Å². The SMILES string of the molecule is Oc1cccc2c3c([nH]c12)CCSC3. The first-order valence-corrected chi connectivity index (χ1v) is 5.91. The minimum Gasteiger partial charge on any atom is -0.506 e. The molecule has 1 aromatic carbocycles. The van der Waals surface area contributed by atoms with E-state index in [0.29, 0.717) is 5.75 Å². The largest absolute Gasteiger partial charge is 0.506 e. The third kappa shape index (κ3) is 1.05. The van der Waals surface area contributed by atoms with Gasteiger partial charge in [-0.1, -0.05) is 12.1 Å². The summed E-state index contributed by atoms with van der Waals surface area (Å²) in [5, 5.41) is 10.9. The number of phenolic OH excluding ortho intramolecular Hbond substituents is 1. The molecular weight excluding hydrogens is 194 g/mol. The Bertz CT molecular complexity index is 489. The molecule has 0 saturated carbocycles. The van der Waals surface area contributed by atoms with Crippen molar-refractivity contribution in [3.05, 3.63) is 29.5 Å². The lowest BCUT2D eigenvalue weighted by atomic mass is 10.1. The molecule has 1 aliphatic heterocycles. The van der Waals surface area contributed by atoms with Gasteiger partial charge >= 0.3 is 0 Å². The van der Waals surface area contributed by atoms with Crippen molar-refractivity contribution < 1.29 is 5.11 Å². The monoisotopic (exact) mass is 205 g/mol. The van der Waals surface area contributed by atoms with Crippen molar-refractivity contribution in [2.75, 3.05) is 5.75 Å². The molecule has 2 aromatic rings. The van der Waals surface area contributed by atoms with Gasteiger partial charge in [0.15, 0.2) is 0 Å². The molecule has 0 saturated heterocycles. The molecule has 0 spiro atoms. The topological polar surface area (TPSA) is 36.0 Å². The summed E-state index contributed by atoms with van der Waals surface area (Å²) in [6.45, 7) is 0. The van der Waals surface area contributed by atoms with Crippen LogP contribution >= 0.6 is 11.8 Å². The number of aryl methyl sites for hydroxylation is 1. The van der Waals surface area contributed by atoms with Gasteiger partial charge in [-0.3, -0.25) is 0 Å². The second kappa shape index (κ2) is 2.95. The number of hydrogen-bond donors (Lipinski definition) is 2. The maximum absolute atomic E-state index is 9.68. The molecule has 0 fully saturated rings. The average Bonchev–Trinajstić information content (AvgIpc) is 2.59. The summed E-state index contributed by atoms with van der Waals surface area (Å²) in [6, 6.07) is 5.72. The predicted octanol–water partition coefficient (Wildman–Crippen LogP) is 2.66. The van der Waals surface area contributed by atoms with Gasteiger partial charge in [0.1, 0.15) is 5.75 Å². The molecule has 0 unspecified atom stereocenters. The van der Waals surface area contributed by atoms with E-state index in [-0.39, 0.29) is 0 Å². The molecule has 0 atom stereocenters. The molecule has 0 bridgehead atoms. The van der Waals surface area contributed by atoms with Crippen LogP contribution in [0.15, 0.2) is 18.2 Å². The number of benzene rings is 1. The fraction of sp³-hybridized carbons (Fsp3) is 0.273. The number of para-hydroxylation sites is 1. The third-order valence-corrected chi connectivity index (χ3v) is 3.74. The lowest BCUT2D eigenvalue weighted by molar-refractivity contribution is 0.480. The Morgan fingerprint density at radius 3 is 3.21 bits per heavy atom. The standard InChI is InChI=1S/C11H11NOS/c13-10-3-1-2-7-8-6-14-5-4-9(8)12-11(7)10/h1-3,12-13H,4-6H2. The molecule has 14 heavy (non-hydrogen) atoms. The highest BCUT2D eigenvalue weighted by molar-refractivity contribution is 7.98. The zero-order valence-corrected chi connectivity index (χ0v) is 8.53. The summed E-state index contributed by atoms with van der Waals surface area (Å²) >= 11 is 1.96. The van der Waals surface area contributed by atoms with E-state index in [1.165, 1.54) is 22.4 Å². The summed E-state index contributed by atoms with van der Waals surface area (Å²) in [4.78, 5) is 3.32. The molecule has 0 aliphatic carbocycles. The van der Waals surface area contributed by atoms with Gasteiger partial charge in [0.25, 0.3) is 0 Å². The summed E-state index contributed by atoms with van der Waals surface area (Å²) in [5.74, 6) is 2.61. The van der Waals surface area contributed by atoms with Crippen LogP contribution in [0, 0.1) is 0 Å². The van der Waals surface area contributed by atoms with E-state index in [1.807, 2.05) is 17.8 Å². The van der Waals surface area contributed by atoms with Gasteiger partial charge in [-0.05, 0) is 23.8 Å². The van der Waals surface area contributed by atoms with E-state index in [4.69, 9.17) is 0 Å². The molecule has 2 nitrogen and oxygen atoms in total. The zero-order valence-electron chi connectivity index (χ0n) is 7.71. The van der Waals surface area contributed by atoms with Crippen molar-refractivity contribution in [1.29, 1.82) is 0 Å². The highest BCUT2D eigenvalue weighted by atomic mass is 32.2. The number of aromatic amines is 1. The van der Waals surface area contributed by atoms with E-state index in [0.717, 1.165) is 17.7 Å². The lowest BCUT2D eigenvalue weighted by Gasteiger charge is -2.09. The van der Waals surface area contributed by atoms with Crippen LogP contribution in [-0.4, -0.2) is 15.8 Å². The van der Waals surface area contributed by atoms with Crippen LogP contribution in [0.2, 0.25) is 0 Å². The normalized spacial score (nSPS) is 15.7. The number of rotatable bonds is 0. The Balaban J connectivity index is 2.36. The van der Waals surface area contributed by atoms with Gasteiger partial charge in [0.2, 0.25) is 0 Å².